The van der Waals surface area contributed by atoms with E-state index in [-0.39, 0.29) is 10.6 Å². The zero-order valence-electron chi connectivity index (χ0n) is 20.5. The number of nitrogens with one attached hydrogen (secondary N) is 2. The molecule has 0 amide bonds. The highest BCUT2D eigenvalue weighted by molar-refractivity contribution is 7.18. The predicted octanol–water partition coefficient (Wildman–Crippen LogP) is 4.60. The van der Waals surface area contributed by atoms with E-state index in [0.29, 0.717) is 65.2 Å². The lowest BCUT2D eigenvalue weighted by molar-refractivity contribution is 0.0605. The largest absolute Gasteiger partial charge is 0.465 e. The lowest BCUT2D eigenvalue weighted by Crippen LogP contribution is -2.12. The summed E-state index contributed by atoms with van der Waals surface area (Å²) >= 11 is 1.02. The molecule has 0 fully saturated rings. The van der Waals surface area contributed by atoms with Gasteiger partial charge < -0.3 is 24.8 Å². The highest BCUT2D eigenvalue weighted by atomic mass is 32.1. The summed E-state index contributed by atoms with van der Waals surface area (Å²) < 4.78 is 15.0. The van der Waals surface area contributed by atoms with Crippen LogP contribution < -0.4 is 10.6 Å². The van der Waals surface area contributed by atoms with Crippen LogP contribution in [0.2, 0.25) is 0 Å². The van der Waals surface area contributed by atoms with Gasteiger partial charge in [-0.05, 0) is 32.3 Å². The van der Waals surface area contributed by atoms with Crippen molar-refractivity contribution >= 4 is 39.6 Å². The number of hydrogen-bond donors (Lipinski definition) is 2. The number of nitriles is 2. The fourth-order valence-corrected chi connectivity index (χ4v) is 4.13. The zero-order chi connectivity index (χ0) is 25.8. The van der Waals surface area contributed by atoms with Crippen LogP contribution >= 0.6 is 11.3 Å². The molecule has 0 aromatic carbocycles. The van der Waals surface area contributed by atoms with Gasteiger partial charge in [0.2, 0.25) is 0 Å². The molecule has 0 spiro atoms. The fraction of sp³-hybridized carbons (Fsp3) is 0.478. The average molecular weight is 500 g/mol. The Labute approximate surface area is 208 Å². The third-order valence-electron chi connectivity index (χ3n) is 5.01. The van der Waals surface area contributed by atoms with Gasteiger partial charge in [0.05, 0.1) is 18.2 Å². The second kappa shape index (κ2) is 14.0. The van der Waals surface area contributed by atoms with Crippen LogP contribution in [0.25, 0.3) is 0 Å². The average Bonchev–Trinajstić information content (AvgIpc) is 3.18. The number of thiophene rings is 1. The molecule has 35 heavy (non-hydrogen) atoms. The highest BCUT2D eigenvalue weighted by Crippen LogP contribution is 2.39. The number of azo groups is 1. The van der Waals surface area contributed by atoms with Gasteiger partial charge in [-0.2, -0.15) is 10.5 Å². The Morgan fingerprint density at radius 3 is 2.09 bits per heavy atom. The maximum atomic E-state index is 12.0. The molecule has 0 atom stereocenters. The molecule has 2 N–H and O–H groups in total. The number of pyridine rings is 1. The smallest absolute Gasteiger partial charge is 0.348 e. The maximum Gasteiger partial charge on any atom is 0.348 e. The molecule has 11 nitrogen and oxygen atoms in total. The second-order valence-electron chi connectivity index (χ2n) is 7.36. The minimum absolute atomic E-state index is 0.247. The van der Waals surface area contributed by atoms with Gasteiger partial charge in [0.1, 0.15) is 28.5 Å². The monoisotopic (exact) mass is 499 g/mol. The van der Waals surface area contributed by atoms with E-state index in [4.69, 9.17) is 14.2 Å². The van der Waals surface area contributed by atoms with Crippen molar-refractivity contribution < 1.29 is 19.0 Å². The molecule has 2 rings (SSSR count). The number of nitrogens with zero attached hydrogens (tertiary/aromatic N) is 5. The van der Waals surface area contributed by atoms with E-state index in [9.17, 15) is 15.3 Å². The Kier molecular flexibility index (Phi) is 11.0. The summed E-state index contributed by atoms with van der Waals surface area (Å²) in [5.41, 5.74) is 2.03. The van der Waals surface area contributed by atoms with Crippen LogP contribution in [0.5, 0.6) is 0 Å². The van der Waals surface area contributed by atoms with Crippen LogP contribution in [0.3, 0.4) is 0 Å². The number of aromatic nitrogens is 1. The van der Waals surface area contributed by atoms with Crippen LogP contribution in [-0.4, -0.2) is 58.6 Å². The van der Waals surface area contributed by atoms with Gasteiger partial charge in [-0.25, -0.2) is 9.78 Å². The Balaban J connectivity index is 2.51. The van der Waals surface area contributed by atoms with Crippen molar-refractivity contribution in [1.82, 2.24) is 4.98 Å². The first-order valence-electron chi connectivity index (χ1n) is 10.9. The van der Waals surface area contributed by atoms with Gasteiger partial charge in [0, 0.05) is 46.1 Å². The van der Waals surface area contributed by atoms with E-state index in [1.165, 1.54) is 7.11 Å². The van der Waals surface area contributed by atoms with E-state index in [0.717, 1.165) is 24.2 Å². The topological polar surface area (TPSA) is 154 Å². The van der Waals surface area contributed by atoms with Gasteiger partial charge in [0.15, 0.2) is 10.8 Å². The quantitative estimate of drug-likeness (QED) is 0.228. The minimum atomic E-state index is -0.542. The number of carbonyl (C=O) groups excluding carboxylic acids is 1. The highest BCUT2D eigenvalue weighted by Gasteiger charge is 2.22. The number of methoxy groups -OCH3 is 3. The SMILES string of the molecule is COCCCNc1nc(NCCCOC)c(N=Nc2sc(C(=O)OC)c(C)c2C#N)c(C)c1C#N. The standard InChI is InChI=1S/C23H29N7O4S/c1-14-16(12-24)20(26-8-6-10-32-3)28-21(27-9-7-11-33-4)18(14)29-30-22-17(13-25)15(2)19(35-22)23(31)34-5/h6-11H2,1-5H3,(H2,26,27,28). The van der Waals surface area contributed by atoms with Gasteiger partial charge in [-0.3, -0.25) is 0 Å². The number of rotatable bonds is 13. The second-order valence-corrected chi connectivity index (χ2v) is 8.35. The third kappa shape index (κ3) is 6.96. The van der Waals surface area contributed by atoms with Crippen molar-refractivity contribution in [2.24, 2.45) is 10.2 Å². The third-order valence-corrected chi connectivity index (χ3v) is 6.17. The van der Waals surface area contributed by atoms with Crippen LogP contribution in [0.1, 0.15) is 44.8 Å². The van der Waals surface area contributed by atoms with E-state index >= 15 is 0 Å². The Bertz CT molecular complexity index is 1150. The lowest BCUT2D eigenvalue weighted by atomic mass is 10.1. The maximum absolute atomic E-state index is 12.0. The first-order chi connectivity index (χ1) is 16.9. The summed E-state index contributed by atoms with van der Waals surface area (Å²) in [5.74, 6) is 0.335. The molecule has 0 saturated carbocycles. The number of ether oxygens (including phenoxy) is 3. The minimum Gasteiger partial charge on any atom is -0.465 e. The number of esters is 1. The molecular formula is C23H29N7O4S. The first kappa shape index (κ1) is 27.7. The summed E-state index contributed by atoms with van der Waals surface area (Å²) in [7, 11) is 4.54. The van der Waals surface area contributed by atoms with Crippen molar-refractivity contribution in [1.29, 1.82) is 10.5 Å². The van der Waals surface area contributed by atoms with Crippen molar-refractivity contribution in [3.8, 4) is 12.1 Å². The fourth-order valence-electron chi connectivity index (χ4n) is 3.13. The zero-order valence-corrected chi connectivity index (χ0v) is 21.3. The van der Waals surface area contributed by atoms with E-state index in [2.05, 4.69) is 38.0 Å². The van der Waals surface area contributed by atoms with E-state index < -0.39 is 5.97 Å². The lowest BCUT2D eigenvalue weighted by Gasteiger charge is -2.15. The summed E-state index contributed by atoms with van der Waals surface area (Å²) in [4.78, 5) is 16.9. The molecule has 2 heterocycles. The molecular weight excluding hydrogens is 470 g/mol. The van der Waals surface area contributed by atoms with E-state index in [1.807, 2.05) is 0 Å². The van der Waals surface area contributed by atoms with Gasteiger partial charge in [-0.1, -0.05) is 0 Å². The van der Waals surface area contributed by atoms with Crippen molar-refractivity contribution in [2.75, 3.05) is 58.3 Å². The van der Waals surface area contributed by atoms with Crippen LogP contribution in [0.15, 0.2) is 10.2 Å². The Morgan fingerprint density at radius 1 is 0.943 bits per heavy atom. The van der Waals surface area contributed by atoms with Crippen LogP contribution in [0, 0.1) is 36.5 Å². The first-order valence-corrected chi connectivity index (χ1v) is 11.7. The van der Waals surface area contributed by atoms with Gasteiger partial charge in [0.25, 0.3) is 0 Å². The summed E-state index contributed by atoms with van der Waals surface area (Å²) in [6.45, 7) is 5.71. The molecule has 2 aromatic rings. The van der Waals surface area contributed by atoms with Gasteiger partial charge >= 0.3 is 5.97 Å². The molecule has 0 aliphatic rings. The van der Waals surface area contributed by atoms with Crippen LogP contribution in [0.4, 0.5) is 22.3 Å². The Morgan fingerprint density at radius 2 is 1.54 bits per heavy atom. The Hall–Kier alpha value is -3.58. The molecule has 0 bridgehead atoms. The van der Waals surface area contributed by atoms with Gasteiger partial charge in [-0.15, -0.1) is 21.6 Å². The van der Waals surface area contributed by atoms with Crippen molar-refractivity contribution in [3.63, 3.8) is 0 Å². The molecule has 0 saturated heterocycles. The molecule has 12 heteroatoms. The summed E-state index contributed by atoms with van der Waals surface area (Å²) in [5, 5.41) is 34.7. The molecule has 0 aliphatic carbocycles. The summed E-state index contributed by atoms with van der Waals surface area (Å²) in [6.07, 6.45) is 1.48. The van der Waals surface area contributed by atoms with Crippen molar-refractivity contribution in [3.05, 3.63) is 27.1 Å². The number of anilines is 2. The normalized spacial score (nSPS) is 10.7. The molecule has 0 aliphatic heterocycles. The summed E-state index contributed by atoms with van der Waals surface area (Å²) in [6, 6.07) is 4.26. The molecule has 2 aromatic heterocycles. The number of hydrogen-bond acceptors (Lipinski definition) is 12. The predicted molar refractivity (Wildman–Crippen MR) is 133 cm³/mol. The molecule has 0 radical (unpaired) electrons. The van der Waals surface area contributed by atoms with Crippen molar-refractivity contribution in [2.45, 2.75) is 26.7 Å². The van der Waals surface area contributed by atoms with E-state index in [1.54, 1.807) is 28.1 Å². The molecule has 0 unspecified atom stereocenters. The molecule has 186 valence electrons. The number of carbonyl (C=O) groups is 1. The van der Waals surface area contributed by atoms with Crippen LogP contribution in [-0.2, 0) is 14.2 Å².